The third-order valence-electron chi connectivity index (χ3n) is 7.16. The van der Waals surface area contributed by atoms with Crippen LogP contribution in [0.15, 0.2) is 34.7 Å². The van der Waals surface area contributed by atoms with Crippen LogP contribution in [0.5, 0.6) is 0 Å². The van der Waals surface area contributed by atoms with Crippen molar-refractivity contribution in [1.82, 2.24) is 4.98 Å². The van der Waals surface area contributed by atoms with E-state index in [1.54, 1.807) is 6.07 Å². The van der Waals surface area contributed by atoms with Gasteiger partial charge in [0.1, 0.15) is 11.3 Å². The number of hydrogen-bond acceptors (Lipinski definition) is 4. The van der Waals surface area contributed by atoms with Crippen molar-refractivity contribution < 1.29 is 14.0 Å². The van der Waals surface area contributed by atoms with E-state index >= 15 is 0 Å². The number of fused-ring (bicyclic) bond motifs is 1. The zero-order chi connectivity index (χ0) is 25.6. The summed E-state index contributed by atoms with van der Waals surface area (Å²) in [6.07, 6.45) is 0.452. The number of halogens is 1. The number of rotatable bonds is 7. The fourth-order valence-corrected chi connectivity index (χ4v) is 4.73. The first kappa shape index (κ1) is 26.6. The molecule has 1 aromatic carbocycles. The van der Waals surface area contributed by atoms with E-state index in [2.05, 4.69) is 30.0 Å². The number of carbonyl (C=O) groups excluding carboxylic acids is 2. The number of aromatic nitrogens is 1. The summed E-state index contributed by atoms with van der Waals surface area (Å²) in [7, 11) is 2.64. The predicted octanol–water partition coefficient (Wildman–Crippen LogP) is 7.41. The molecule has 0 N–H and O–H groups in total. The topological polar surface area (TPSA) is 60.2 Å². The van der Waals surface area contributed by atoms with Gasteiger partial charge in [-0.05, 0) is 34.8 Å². The molecule has 0 spiro atoms. The van der Waals surface area contributed by atoms with Gasteiger partial charge in [-0.1, -0.05) is 73.1 Å². The first-order valence-electron chi connectivity index (χ1n) is 11.8. The van der Waals surface area contributed by atoms with E-state index in [0.29, 0.717) is 22.5 Å². The van der Waals surface area contributed by atoms with E-state index < -0.39 is 5.41 Å². The molecule has 6 heteroatoms. The molecule has 4 nitrogen and oxygen atoms in total. The molecule has 0 aliphatic carbocycles. The normalized spacial score (nSPS) is 14.3. The van der Waals surface area contributed by atoms with E-state index in [9.17, 15) is 9.59 Å². The molecule has 0 aliphatic heterocycles. The van der Waals surface area contributed by atoms with E-state index in [1.165, 1.54) is 0 Å². The van der Waals surface area contributed by atoms with Crippen LogP contribution in [0, 0.1) is 17.3 Å². The fourth-order valence-electron chi connectivity index (χ4n) is 4.34. The summed E-state index contributed by atoms with van der Waals surface area (Å²) in [5, 5.41) is 1.57. The second-order valence-corrected chi connectivity index (χ2v) is 11.8. The van der Waals surface area contributed by atoms with Crippen molar-refractivity contribution in [2.75, 3.05) is 0 Å². The molecule has 3 atom stereocenters. The molecule has 0 aliphatic rings. The van der Waals surface area contributed by atoms with Crippen molar-refractivity contribution >= 4 is 48.8 Å². The van der Waals surface area contributed by atoms with Gasteiger partial charge in [-0.15, -0.1) is 9.24 Å². The SMILES string of the molecule is CCC(=O)C(C)(C)C(C)C(C)C(=O)c1cc2nc(-c3ccc(Cl)c(P)c3)cc(C(C)(C)C)c2o1. The monoisotopic (exact) mass is 499 g/mol. The van der Waals surface area contributed by atoms with E-state index in [4.69, 9.17) is 21.0 Å². The van der Waals surface area contributed by atoms with Gasteiger partial charge in [-0.3, -0.25) is 9.59 Å². The molecule has 0 saturated carbocycles. The standard InChI is InChI=1S/C28H35ClNO3P/c1-9-24(31)28(7,8)16(3)15(2)25(32)22-14-21-26(33-22)18(27(4,5)6)13-20(30-21)17-10-11-19(29)23(34)12-17/h10-16H,9,34H2,1-8H3. The van der Waals surface area contributed by atoms with Crippen molar-refractivity contribution in [2.45, 2.75) is 67.2 Å². The van der Waals surface area contributed by atoms with Crippen molar-refractivity contribution in [3.05, 3.63) is 46.7 Å². The average Bonchev–Trinajstić information content (AvgIpc) is 3.21. The van der Waals surface area contributed by atoms with Gasteiger partial charge in [0.2, 0.25) is 5.78 Å². The fraction of sp³-hybridized carbons (Fsp3) is 0.464. The highest BCUT2D eigenvalue weighted by atomic mass is 35.5. The maximum absolute atomic E-state index is 13.5. The molecule has 3 unspecified atom stereocenters. The molecule has 34 heavy (non-hydrogen) atoms. The van der Waals surface area contributed by atoms with Gasteiger partial charge in [-0.25, -0.2) is 4.98 Å². The van der Waals surface area contributed by atoms with Crippen LogP contribution in [0.2, 0.25) is 5.02 Å². The van der Waals surface area contributed by atoms with Gasteiger partial charge in [0, 0.05) is 40.0 Å². The number of benzene rings is 1. The molecule has 0 fully saturated rings. The third kappa shape index (κ3) is 4.99. The van der Waals surface area contributed by atoms with Gasteiger partial charge in [0.25, 0.3) is 0 Å². The first-order valence-corrected chi connectivity index (χ1v) is 12.7. The Balaban J connectivity index is 2.10. The van der Waals surface area contributed by atoms with Crippen LogP contribution >= 0.6 is 20.8 Å². The lowest BCUT2D eigenvalue weighted by Crippen LogP contribution is -2.37. The number of furan rings is 1. The Bertz CT molecular complexity index is 1250. The Morgan fingerprint density at radius 2 is 1.74 bits per heavy atom. The molecule has 2 heterocycles. The molecule has 0 radical (unpaired) electrons. The first-order chi connectivity index (χ1) is 15.7. The van der Waals surface area contributed by atoms with Crippen LogP contribution < -0.4 is 5.30 Å². The molecule has 0 saturated heterocycles. The zero-order valence-electron chi connectivity index (χ0n) is 21.4. The molecule has 0 bridgehead atoms. The molecule has 3 aromatic rings. The van der Waals surface area contributed by atoms with Crippen LogP contribution in [0.3, 0.4) is 0 Å². The lowest BCUT2D eigenvalue weighted by molar-refractivity contribution is -0.129. The van der Waals surface area contributed by atoms with E-state index in [0.717, 1.165) is 22.1 Å². The van der Waals surface area contributed by atoms with Crippen LogP contribution in [0.4, 0.5) is 0 Å². The largest absolute Gasteiger partial charge is 0.451 e. The summed E-state index contributed by atoms with van der Waals surface area (Å²) in [4.78, 5) is 30.8. The Kier molecular flexibility index (Phi) is 7.46. The van der Waals surface area contributed by atoms with Crippen molar-refractivity contribution in [2.24, 2.45) is 17.3 Å². The molecule has 182 valence electrons. The highest BCUT2D eigenvalue weighted by molar-refractivity contribution is 7.28. The molecular weight excluding hydrogens is 465 g/mol. The molecular formula is C28H35ClNO3P. The third-order valence-corrected chi connectivity index (χ3v) is 8.17. The Hall–Kier alpha value is -2.03. The maximum atomic E-state index is 13.5. The average molecular weight is 500 g/mol. The number of hydrogen-bond donors (Lipinski definition) is 0. The van der Waals surface area contributed by atoms with Crippen LogP contribution in [0.1, 0.15) is 77.9 Å². The Morgan fingerprint density at radius 3 is 2.29 bits per heavy atom. The quantitative estimate of drug-likeness (QED) is 0.251. The smallest absolute Gasteiger partial charge is 0.201 e. The maximum Gasteiger partial charge on any atom is 0.201 e. The number of pyridine rings is 1. The van der Waals surface area contributed by atoms with Crippen LogP contribution in [0.25, 0.3) is 22.4 Å². The number of carbonyl (C=O) groups is 2. The number of Topliss-reactive ketones (excluding diaryl/α,β-unsaturated/α-hetero) is 2. The summed E-state index contributed by atoms with van der Waals surface area (Å²) < 4.78 is 6.17. The van der Waals surface area contributed by atoms with Crippen molar-refractivity contribution in [1.29, 1.82) is 0 Å². The summed E-state index contributed by atoms with van der Waals surface area (Å²) >= 11 is 6.21. The summed E-state index contributed by atoms with van der Waals surface area (Å²) in [6, 6.07) is 9.55. The van der Waals surface area contributed by atoms with Gasteiger partial charge < -0.3 is 4.42 Å². The van der Waals surface area contributed by atoms with E-state index in [-0.39, 0.29) is 34.6 Å². The highest BCUT2D eigenvalue weighted by Crippen LogP contribution is 2.38. The van der Waals surface area contributed by atoms with Gasteiger partial charge in [0.05, 0.1) is 5.69 Å². The summed E-state index contributed by atoms with van der Waals surface area (Å²) in [5.41, 5.74) is 3.18. The second-order valence-electron chi connectivity index (χ2n) is 10.8. The molecule has 3 rings (SSSR count). The van der Waals surface area contributed by atoms with Gasteiger partial charge in [-0.2, -0.15) is 0 Å². The minimum absolute atomic E-state index is 0.109. The molecule has 2 aromatic heterocycles. The number of nitrogens with zero attached hydrogens (tertiary/aromatic N) is 1. The summed E-state index contributed by atoms with van der Waals surface area (Å²) in [5.74, 6) is -0.183. The zero-order valence-corrected chi connectivity index (χ0v) is 23.3. The highest BCUT2D eigenvalue weighted by Gasteiger charge is 2.39. The Labute approximate surface area is 210 Å². The van der Waals surface area contributed by atoms with Crippen molar-refractivity contribution in [3.63, 3.8) is 0 Å². The predicted molar refractivity (Wildman–Crippen MR) is 144 cm³/mol. The number of ketones is 2. The minimum atomic E-state index is -0.595. The lowest BCUT2D eigenvalue weighted by Gasteiger charge is -2.33. The van der Waals surface area contributed by atoms with Crippen LogP contribution in [-0.4, -0.2) is 16.6 Å². The Morgan fingerprint density at radius 1 is 1.09 bits per heavy atom. The summed E-state index contributed by atoms with van der Waals surface area (Å²) in [6.45, 7) is 15.9. The van der Waals surface area contributed by atoms with Crippen LogP contribution in [-0.2, 0) is 10.2 Å². The minimum Gasteiger partial charge on any atom is -0.451 e. The lowest BCUT2D eigenvalue weighted by atomic mass is 9.69. The second kappa shape index (κ2) is 9.55. The van der Waals surface area contributed by atoms with Crippen molar-refractivity contribution in [3.8, 4) is 11.3 Å². The van der Waals surface area contributed by atoms with Gasteiger partial charge >= 0.3 is 0 Å². The van der Waals surface area contributed by atoms with E-state index in [1.807, 2.05) is 58.9 Å². The van der Waals surface area contributed by atoms with Gasteiger partial charge in [0.15, 0.2) is 11.3 Å². The molecule has 0 amide bonds.